The van der Waals surface area contributed by atoms with E-state index in [-0.39, 0.29) is 0 Å². The molecular formula is C13H21N3. The van der Waals surface area contributed by atoms with Crippen LogP contribution in [-0.2, 0) is 0 Å². The number of anilines is 1. The fourth-order valence-electron chi connectivity index (χ4n) is 2.37. The van der Waals surface area contributed by atoms with Crippen molar-refractivity contribution in [2.45, 2.75) is 26.8 Å². The third-order valence-corrected chi connectivity index (χ3v) is 3.40. The Kier molecular flexibility index (Phi) is 3.44. The summed E-state index contributed by atoms with van der Waals surface area (Å²) in [6.45, 7) is 11.1. The van der Waals surface area contributed by atoms with E-state index in [1.54, 1.807) is 0 Å². The molecule has 3 heteroatoms. The summed E-state index contributed by atoms with van der Waals surface area (Å²) in [4.78, 5) is 9.37. The zero-order valence-electron chi connectivity index (χ0n) is 10.5. The van der Waals surface area contributed by atoms with Gasteiger partial charge in [0.15, 0.2) is 0 Å². The van der Waals surface area contributed by atoms with Crippen LogP contribution in [0.1, 0.15) is 19.4 Å². The molecule has 1 aliphatic heterocycles. The molecule has 16 heavy (non-hydrogen) atoms. The SMILES string of the molecule is CCN1CCN(c2cc(C)ccn2)CC1C. The Labute approximate surface area is 98.1 Å². The van der Waals surface area contributed by atoms with Crippen LogP contribution in [0.25, 0.3) is 0 Å². The standard InChI is InChI=1S/C13H21N3/c1-4-15-7-8-16(10-12(15)3)13-9-11(2)5-6-14-13/h5-6,9,12H,4,7-8,10H2,1-3H3. The fraction of sp³-hybridized carbons (Fsp3) is 0.615. The maximum absolute atomic E-state index is 4.46. The molecule has 1 aliphatic rings. The first-order valence-corrected chi connectivity index (χ1v) is 6.12. The molecule has 0 bridgehead atoms. The first kappa shape index (κ1) is 11.4. The second kappa shape index (κ2) is 4.83. The van der Waals surface area contributed by atoms with Crippen molar-refractivity contribution in [1.82, 2.24) is 9.88 Å². The second-order valence-corrected chi connectivity index (χ2v) is 4.62. The number of hydrogen-bond acceptors (Lipinski definition) is 3. The Morgan fingerprint density at radius 2 is 2.25 bits per heavy atom. The monoisotopic (exact) mass is 219 g/mol. The first-order valence-electron chi connectivity index (χ1n) is 6.12. The zero-order valence-corrected chi connectivity index (χ0v) is 10.5. The van der Waals surface area contributed by atoms with Crippen molar-refractivity contribution in [1.29, 1.82) is 0 Å². The van der Waals surface area contributed by atoms with Crippen molar-refractivity contribution in [3.8, 4) is 0 Å². The highest BCUT2D eigenvalue weighted by atomic mass is 15.3. The van der Waals surface area contributed by atoms with Gasteiger partial charge in [-0.2, -0.15) is 0 Å². The molecule has 0 N–H and O–H groups in total. The van der Waals surface area contributed by atoms with Crippen LogP contribution in [0.2, 0.25) is 0 Å². The van der Waals surface area contributed by atoms with Crippen molar-refractivity contribution in [3.63, 3.8) is 0 Å². The molecule has 1 aromatic heterocycles. The third-order valence-electron chi connectivity index (χ3n) is 3.40. The average Bonchev–Trinajstić information content (AvgIpc) is 2.29. The van der Waals surface area contributed by atoms with E-state index in [0.717, 1.165) is 32.0 Å². The molecule has 2 heterocycles. The van der Waals surface area contributed by atoms with Gasteiger partial charge in [0.25, 0.3) is 0 Å². The molecule has 1 atom stereocenters. The Hall–Kier alpha value is -1.09. The molecule has 88 valence electrons. The van der Waals surface area contributed by atoms with Crippen molar-refractivity contribution >= 4 is 5.82 Å². The molecule has 2 rings (SSSR count). The van der Waals surface area contributed by atoms with Gasteiger partial charge < -0.3 is 4.90 Å². The first-order chi connectivity index (χ1) is 7.70. The lowest BCUT2D eigenvalue weighted by atomic mass is 10.2. The minimum atomic E-state index is 0.626. The lowest BCUT2D eigenvalue weighted by Crippen LogP contribution is -2.51. The van der Waals surface area contributed by atoms with Gasteiger partial charge >= 0.3 is 0 Å². The molecule has 0 spiro atoms. The van der Waals surface area contributed by atoms with Gasteiger partial charge in [-0.3, -0.25) is 4.90 Å². The zero-order chi connectivity index (χ0) is 11.5. The minimum absolute atomic E-state index is 0.626. The van der Waals surface area contributed by atoms with E-state index in [1.165, 1.54) is 5.56 Å². The van der Waals surface area contributed by atoms with Gasteiger partial charge in [0.2, 0.25) is 0 Å². The Balaban J connectivity index is 2.07. The van der Waals surface area contributed by atoms with Crippen LogP contribution in [0.3, 0.4) is 0 Å². The van der Waals surface area contributed by atoms with Crippen molar-refractivity contribution in [2.75, 3.05) is 31.1 Å². The number of rotatable bonds is 2. The van der Waals surface area contributed by atoms with Crippen molar-refractivity contribution in [2.24, 2.45) is 0 Å². The minimum Gasteiger partial charge on any atom is -0.354 e. The molecule has 0 saturated carbocycles. The largest absolute Gasteiger partial charge is 0.354 e. The van der Waals surface area contributed by atoms with Crippen LogP contribution < -0.4 is 4.90 Å². The predicted molar refractivity (Wildman–Crippen MR) is 67.9 cm³/mol. The lowest BCUT2D eigenvalue weighted by Gasteiger charge is -2.39. The van der Waals surface area contributed by atoms with Crippen LogP contribution in [0.4, 0.5) is 5.82 Å². The molecule has 1 aromatic rings. The molecule has 0 amide bonds. The highest BCUT2D eigenvalue weighted by Gasteiger charge is 2.22. The summed E-state index contributed by atoms with van der Waals surface area (Å²) in [6.07, 6.45) is 1.90. The normalized spacial score (nSPS) is 22.4. The highest BCUT2D eigenvalue weighted by Crippen LogP contribution is 2.17. The van der Waals surface area contributed by atoms with E-state index >= 15 is 0 Å². The van der Waals surface area contributed by atoms with Gasteiger partial charge in [-0.15, -0.1) is 0 Å². The van der Waals surface area contributed by atoms with E-state index in [1.807, 2.05) is 6.20 Å². The van der Waals surface area contributed by atoms with E-state index in [0.29, 0.717) is 6.04 Å². The number of likely N-dealkylation sites (N-methyl/N-ethyl adjacent to an activating group) is 1. The summed E-state index contributed by atoms with van der Waals surface area (Å²) in [5, 5.41) is 0. The maximum atomic E-state index is 4.46. The number of piperazine rings is 1. The van der Waals surface area contributed by atoms with Gasteiger partial charge in [-0.1, -0.05) is 6.92 Å². The summed E-state index contributed by atoms with van der Waals surface area (Å²) in [5.41, 5.74) is 1.29. The number of pyridine rings is 1. The summed E-state index contributed by atoms with van der Waals surface area (Å²) >= 11 is 0. The topological polar surface area (TPSA) is 19.4 Å². The molecule has 1 unspecified atom stereocenters. The molecule has 0 aromatic carbocycles. The van der Waals surface area contributed by atoms with E-state index < -0.39 is 0 Å². The summed E-state index contributed by atoms with van der Waals surface area (Å²) in [6, 6.07) is 4.85. The molecule has 3 nitrogen and oxygen atoms in total. The Bertz CT molecular complexity index is 351. The van der Waals surface area contributed by atoms with E-state index in [4.69, 9.17) is 0 Å². The number of aryl methyl sites for hydroxylation is 1. The van der Waals surface area contributed by atoms with Crippen LogP contribution >= 0.6 is 0 Å². The van der Waals surface area contributed by atoms with Crippen LogP contribution in [-0.4, -0.2) is 42.1 Å². The van der Waals surface area contributed by atoms with Crippen LogP contribution in [0.5, 0.6) is 0 Å². The van der Waals surface area contributed by atoms with Gasteiger partial charge in [0.1, 0.15) is 5.82 Å². The lowest BCUT2D eigenvalue weighted by molar-refractivity contribution is 0.199. The molecule has 1 fully saturated rings. The van der Waals surface area contributed by atoms with E-state index in [9.17, 15) is 0 Å². The molecule has 0 radical (unpaired) electrons. The number of aromatic nitrogens is 1. The number of nitrogens with zero attached hydrogens (tertiary/aromatic N) is 3. The third kappa shape index (κ3) is 2.35. The molecular weight excluding hydrogens is 198 g/mol. The van der Waals surface area contributed by atoms with E-state index in [2.05, 4.69) is 47.7 Å². The quantitative estimate of drug-likeness (QED) is 0.757. The Morgan fingerprint density at radius 3 is 2.88 bits per heavy atom. The fourth-order valence-corrected chi connectivity index (χ4v) is 2.37. The van der Waals surface area contributed by atoms with Gasteiger partial charge in [-0.05, 0) is 38.1 Å². The Morgan fingerprint density at radius 1 is 1.44 bits per heavy atom. The second-order valence-electron chi connectivity index (χ2n) is 4.62. The van der Waals surface area contributed by atoms with Crippen molar-refractivity contribution < 1.29 is 0 Å². The summed E-state index contributed by atoms with van der Waals surface area (Å²) in [5.74, 6) is 1.13. The van der Waals surface area contributed by atoms with Crippen LogP contribution in [0, 0.1) is 6.92 Å². The maximum Gasteiger partial charge on any atom is 0.128 e. The predicted octanol–water partition coefficient (Wildman–Crippen LogP) is 1.92. The molecule has 1 saturated heterocycles. The highest BCUT2D eigenvalue weighted by molar-refractivity contribution is 5.41. The average molecular weight is 219 g/mol. The number of hydrogen-bond donors (Lipinski definition) is 0. The van der Waals surface area contributed by atoms with Crippen LogP contribution in [0.15, 0.2) is 18.3 Å². The summed E-state index contributed by atoms with van der Waals surface area (Å²) < 4.78 is 0. The molecule has 0 aliphatic carbocycles. The van der Waals surface area contributed by atoms with Gasteiger partial charge in [0.05, 0.1) is 0 Å². The smallest absolute Gasteiger partial charge is 0.128 e. The summed E-state index contributed by atoms with van der Waals surface area (Å²) in [7, 11) is 0. The van der Waals surface area contributed by atoms with Gasteiger partial charge in [0, 0.05) is 31.9 Å². The van der Waals surface area contributed by atoms with Crippen molar-refractivity contribution in [3.05, 3.63) is 23.9 Å². The van der Waals surface area contributed by atoms with Gasteiger partial charge in [-0.25, -0.2) is 4.98 Å².